The highest BCUT2D eigenvalue weighted by Gasteiger charge is 2.26. The summed E-state index contributed by atoms with van der Waals surface area (Å²) in [6.45, 7) is 9.16. The maximum absolute atomic E-state index is 14.7. The quantitative estimate of drug-likeness (QED) is 0.286. The highest BCUT2D eigenvalue weighted by Crippen LogP contribution is 2.41. The topological polar surface area (TPSA) is 61.8 Å². The molecule has 9 heteroatoms. The van der Waals surface area contributed by atoms with Crippen LogP contribution in [0.1, 0.15) is 13.8 Å². The molecule has 0 heterocycles. The van der Waals surface area contributed by atoms with Crippen LogP contribution in [-0.2, 0) is 9.59 Å². The predicted octanol–water partition coefficient (Wildman–Crippen LogP) is 4.88. The minimum atomic E-state index is -1.40. The number of carbonyl (C=O) groups excluding carboxylic acids is 2. The van der Waals surface area contributed by atoms with Gasteiger partial charge in [-0.1, -0.05) is 13.2 Å². The van der Waals surface area contributed by atoms with E-state index in [4.69, 9.17) is 4.74 Å². The third kappa shape index (κ3) is 4.51. The second kappa shape index (κ2) is 8.81. The fourth-order valence-corrected chi connectivity index (χ4v) is 2.26. The summed E-state index contributed by atoms with van der Waals surface area (Å²) in [4.78, 5) is 23.1. The second-order valence-electron chi connectivity index (χ2n) is 6.19. The molecule has 0 aliphatic heterocycles. The van der Waals surface area contributed by atoms with Crippen molar-refractivity contribution < 1.29 is 41.4 Å². The molecule has 2 aromatic rings. The SMILES string of the molecule is C=C(C)C(=O)Oc1c(F)cc(-c2cc(F)c(OC(=O)C(=C)C)c(F)c2OC)cc1F. The van der Waals surface area contributed by atoms with E-state index in [0.717, 1.165) is 7.11 Å². The number of benzene rings is 2. The van der Waals surface area contributed by atoms with Gasteiger partial charge in [-0.05, 0) is 37.6 Å². The van der Waals surface area contributed by atoms with E-state index in [0.29, 0.717) is 18.2 Å². The van der Waals surface area contributed by atoms with E-state index >= 15 is 0 Å². The lowest BCUT2D eigenvalue weighted by Crippen LogP contribution is -2.12. The Morgan fingerprint density at radius 3 is 1.63 bits per heavy atom. The summed E-state index contributed by atoms with van der Waals surface area (Å²) in [7, 11) is 1.03. The van der Waals surface area contributed by atoms with Crippen molar-refractivity contribution in [2.24, 2.45) is 0 Å². The van der Waals surface area contributed by atoms with Crippen molar-refractivity contribution in [3.8, 4) is 28.4 Å². The number of esters is 2. The molecule has 0 bridgehead atoms. The van der Waals surface area contributed by atoms with Crippen LogP contribution in [0, 0.1) is 23.3 Å². The van der Waals surface area contributed by atoms with Crippen molar-refractivity contribution >= 4 is 11.9 Å². The van der Waals surface area contributed by atoms with Gasteiger partial charge in [0.25, 0.3) is 0 Å². The Bertz CT molecular complexity index is 1050. The van der Waals surface area contributed by atoms with E-state index in [1.165, 1.54) is 13.8 Å². The molecular formula is C21H16F4O5. The summed E-state index contributed by atoms with van der Waals surface area (Å²) < 4.78 is 71.9. The molecular weight excluding hydrogens is 408 g/mol. The van der Waals surface area contributed by atoms with Crippen LogP contribution in [0.25, 0.3) is 11.1 Å². The van der Waals surface area contributed by atoms with E-state index in [1.54, 1.807) is 0 Å². The van der Waals surface area contributed by atoms with Gasteiger partial charge in [0.15, 0.2) is 23.2 Å². The van der Waals surface area contributed by atoms with Gasteiger partial charge in [-0.25, -0.2) is 22.8 Å². The predicted molar refractivity (Wildman–Crippen MR) is 99.2 cm³/mol. The third-order valence-corrected chi connectivity index (χ3v) is 3.73. The van der Waals surface area contributed by atoms with Gasteiger partial charge in [0.05, 0.1) is 7.11 Å². The summed E-state index contributed by atoms with van der Waals surface area (Å²) in [5.41, 5.74) is -0.907. The maximum Gasteiger partial charge on any atom is 0.338 e. The minimum absolute atomic E-state index is 0.0939. The number of rotatable bonds is 6. The Morgan fingerprint density at radius 2 is 1.20 bits per heavy atom. The molecule has 2 rings (SSSR count). The van der Waals surface area contributed by atoms with Crippen molar-refractivity contribution in [1.29, 1.82) is 0 Å². The van der Waals surface area contributed by atoms with Gasteiger partial charge in [-0.15, -0.1) is 0 Å². The molecule has 0 fully saturated rings. The molecule has 5 nitrogen and oxygen atoms in total. The fraction of sp³-hybridized carbons (Fsp3) is 0.143. The van der Waals surface area contributed by atoms with Gasteiger partial charge < -0.3 is 14.2 Å². The Kier molecular flexibility index (Phi) is 6.66. The van der Waals surface area contributed by atoms with E-state index in [2.05, 4.69) is 22.6 Å². The molecule has 2 aromatic carbocycles. The number of hydrogen-bond donors (Lipinski definition) is 0. The van der Waals surface area contributed by atoms with Crippen LogP contribution in [0.2, 0.25) is 0 Å². The zero-order valence-corrected chi connectivity index (χ0v) is 16.2. The smallest absolute Gasteiger partial charge is 0.338 e. The molecule has 158 valence electrons. The first-order valence-electron chi connectivity index (χ1n) is 8.28. The van der Waals surface area contributed by atoms with Gasteiger partial charge in [0, 0.05) is 16.7 Å². The lowest BCUT2D eigenvalue weighted by Gasteiger charge is -2.15. The third-order valence-electron chi connectivity index (χ3n) is 3.73. The van der Waals surface area contributed by atoms with E-state index in [-0.39, 0.29) is 22.3 Å². The monoisotopic (exact) mass is 424 g/mol. The van der Waals surface area contributed by atoms with Crippen LogP contribution in [-0.4, -0.2) is 19.0 Å². The molecule has 0 saturated carbocycles. The number of hydrogen-bond acceptors (Lipinski definition) is 5. The van der Waals surface area contributed by atoms with Gasteiger partial charge in [0.2, 0.25) is 17.3 Å². The zero-order chi connectivity index (χ0) is 22.7. The number of halogens is 4. The minimum Gasteiger partial charge on any atom is -0.493 e. The number of carbonyl (C=O) groups is 2. The molecule has 0 spiro atoms. The zero-order valence-electron chi connectivity index (χ0n) is 16.2. The lowest BCUT2D eigenvalue weighted by atomic mass is 10.0. The van der Waals surface area contributed by atoms with Crippen LogP contribution in [0.5, 0.6) is 17.2 Å². The van der Waals surface area contributed by atoms with Crippen molar-refractivity contribution in [2.45, 2.75) is 13.8 Å². The Balaban J connectivity index is 2.59. The summed E-state index contributed by atoms with van der Waals surface area (Å²) in [6, 6.07) is 2.07. The van der Waals surface area contributed by atoms with Crippen LogP contribution in [0.4, 0.5) is 17.6 Å². The van der Waals surface area contributed by atoms with Crippen molar-refractivity contribution in [2.75, 3.05) is 7.11 Å². The summed E-state index contributed by atoms with van der Waals surface area (Å²) in [5.74, 6) is -10.2. The molecule has 0 unspecified atom stereocenters. The molecule has 0 amide bonds. The summed E-state index contributed by atoms with van der Waals surface area (Å²) >= 11 is 0. The lowest BCUT2D eigenvalue weighted by molar-refractivity contribution is -0.131. The summed E-state index contributed by atoms with van der Waals surface area (Å²) in [6.07, 6.45) is 0. The highest BCUT2D eigenvalue weighted by atomic mass is 19.1. The van der Waals surface area contributed by atoms with E-state index in [1.807, 2.05) is 0 Å². The first-order valence-corrected chi connectivity index (χ1v) is 8.28. The van der Waals surface area contributed by atoms with E-state index < -0.39 is 52.5 Å². The molecule has 0 saturated heterocycles. The van der Waals surface area contributed by atoms with Crippen molar-refractivity contribution in [1.82, 2.24) is 0 Å². The largest absolute Gasteiger partial charge is 0.493 e. The average molecular weight is 424 g/mol. The Labute approximate surface area is 169 Å². The standard InChI is InChI=1S/C21H16F4O5/c1-9(2)20(26)29-18-13(22)6-11(7-14(18)23)12-8-15(24)19(16(25)17(12)28-5)30-21(27)10(3)4/h6-8H,1,3H2,2,4-5H3. The normalized spacial score (nSPS) is 10.4. The molecule has 0 aromatic heterocycles. The van der Waals surface area contributed by atoms with Gasteiger partial charge in [-0.2, -0.15) is 4.39 Å². The van der Waals surface area contributed by atoms with Gasteiger partial charge in [-0.3, -0.25) is 0 Å². The maximum atomic E-state index is 14.7. The van der Waals surface area contributed by atoms with Crippen LogP contribution >= 0.6 is 0 Å². The molecule has 0 aliphatic carbocycles. The van der Waals surface area contributed by atoms with Crippen LogP contribution in [0.15, 0.2) is 42.5 Å². The number of ether oxygens (including phenoxy) is 3. The molecule has 0 N–H and O–H groups in total. The first kappa shape index (κ1) is 22.7. The number of methoxy groups -OCH3 is 1. The molecule has 0 radical (unpaired) electrons. The summed E-state index contributed by atoms with van der Waals surface area (Å²) in [5, 5.41) is 0. The molecule has 30 heavy (non-hydrogen) atoms. The second-order valence-corrected chi connectivity index (χ2v) is 6.19. The fourth-order valence-electron chi connectivity index (χ4n) is 2.26. The van der Waals surface area contributed by atoms with Crippen molar-refractivity contribution in [3.63, 3.8) is 0 Å². The molecule has 0 atom stereocenters. The van der Waals surface area contributed by atoms with E-state index in [9.17, 15) is 27.2 Å². The van der Waals surface area contributed by atoms with Crippen LogP contribution in [0.3, 0.4) is 0 Å². The van der Waals surface area contributed by atoms with Crippen LogP contribution < -0.4 is 14.2 Å². The molecule has 0 aliphatic rings. The Morgan fingerprint density at radius 1 is 0.767 bits per heavy atom. The van der Waals surface area contributed by atoms with Gasteiger partial charge in [0.1, 0.15) is 0 Å². The highest BCUT2D eigenvalue weighted by molar-refractivity contribution is 5.89. The average Bonchev–Trinajstić information content (AvgIpc) is 2.66. The van der Waals surface area contributed by atoms with Crippen molar-refractivity contribution in [3.05, 3.63) is 65.8 Å². The Hall–Kier alpha value is -3.62. The first-order chi connectivity index (χ1) is 14.0. The van der Waals surface area contributed by atoms with Gasteiger partial charge >= 0.3 is 11.9 Å².